The van der Waals surface area contributed by atoms with Crippen LogP contribution in [0.4, 0.5) is 5.69 Å². The Morgan fingerprint density at radius 2 is 1.55 bits per heavy atom. The predicted molar refractivity (Wildman–Crippen MR) is 126 cm³/mol. The number of hydrogen-bond acceptors (Lipinski definition) is 5. The van der Waals surface area contributed by atoms with Crippen LogP contribution in [0.1, 0.15) is 40.9 Å². The number of sulfonamides is 1. The summed E-state index contributed by atoms with van der Waals surface area (Å²) in [5.74, 6) is -0.792. The van der Waals surface area contributed by atoms with Gasteiger partial charge in [-0.2, -0.15) is 0 Å². The van der Waals surface area contributed by atoms with E-state index >= 15 is 0 Å². The van der Waals surface area contributed by atoms with Gasteiger partial charge in [0.15, 0.2) is 0 Å². The first kappa shape index (κ1) is 24.2. The fraction of sp³-hybridized carbons (Fsp3) is 0.200. The zero-order valence-electron chi connectivity index (χ0n) is 18.4. The highest BCUT2D eigenvalue weighted by atomic mass is 32.2. The molecule has 7 nitrogen and oxygen atoms in total. The summed E-state index contributed by atoms with van der Waals surface area (Å²) >= 11 is 0. The molecule has 0 fully saturated rings. The Kier molecular flexibility index (Phi) is 7.97. The van der Waals surface area contributed by atoms with E-state index in [0.717, 1.165) is 11.1 Å². The van der Waals surface area contributed by atoms with Crippen LogP contribution in [0.3, 0.4) is 0 Å². The van der Waals surface area contributed by atoms with Crippen molar-refractivity contribution in [2.45, 2.75) is 30.7 Å². The standard InChI is InChI=1S/C25H26N2O5S/c1-18(20-8-4-3-5-9-20)27-33(30,31)21-15-12-19(13-16-21)14-17-24(28)26-23-11-7-6-10-22(23)25(29)32-2/h3-13,15-16,18,27H,14,17H2,1-2H3,(H,26,28)/t18-/m0/s1. The van der Waals surface area contributed by atoms with E-state index in [4.69, 9.17) is 4.74 Å². The number of esters is 1. The maximum Gasteiger partial charge on any atom is 0.339 e. The Labute approximate surface area is 193 Å². The molecule has 33 heavy (non-hydrogen) atoms. The Bertz CT molecular complexity index is 1210. The highest BCUT2D eigenvalue weighted by Crippen LogP contribution is 2.19. The van der Waals surface area contributed by atoms with Gasteiger partial charge >= 0.3 is 5.97 Å². The average molecular weight is 467 g/mol. The molecule has 8 heteroatoms. The molecular formula is C25H26N2O5S. The van der Waals surface area contributed by atoms with E-state index in [9.17, 15) is 18.0 Å². The van der Waals surface area contributed by atoms with Crippen LogP contribution in [0.15, 0.2) is 83.8 Å². The molecular weight excluding hydrogens is 440 g/mol. The quantitative estimate of drug-likeness (QED) is 0.463. The van der Waals surface area contributed by atoms with Crippen LogP contribution < -0.4 is 10.0 Å². The lowest BCUT2D eigenvalue weighted by molar-refractivity contribution is -0.116. The van der Waals surface area contributed by atoms with Gasteiger partial charge in [0, 0.05) is 12.5 Å². The van der Waals surface area contributed by atoms with Gasteiger partial charge in [0.25, 0.3) is 0 Å². The molecule has 0 radical (unpaired) electrons. The zero-order valence-corrected chi connectivity index (χ0v) is 19.3. The summed E-state index contributed by atoms with van der Waals surface area (Å²) in [5, 5.41) is 2.72. The highest BCUT2D eigenvalue weighted by molar-refractivity contribution is 7.89. The second kappa shape index (κ2) is 10.9. The van der Waals surface area contributed by atoms with E-state index in [0.29, 0.717) is 12.1 Å². The predicted octanol–water partition coefficient (Wildman–Crippen LogP) is 4.08. The number of ether oxygens (including phenoxy) is 1. The van der Waals surface area contributed by atoms with Crippen molar-refractivity contribution in [2.24, 2.45) is 0 Å². The number of benzene rings is 3. The van der Waals surface area contributed by atoms with Gasteiger partial charge in [0.05, 0.1) is 23.3 Å². The van der Waals surface area contributed by atoms with Gasteiger partial charge < -0.3 is 10.1 Å². The number of carbonyl (C=O) groups excluding carboxylic acids is 2. The van der Waals surface area contributed by atoms with Crippen molar-refractivity contribution >= 4 is 27.6 Å². The molecule has 0 spiro atoms. The first-order chi connectivity index (χ1) is 15.8. The highest BCUT2D eigenvalue weighted by Gasteiger charge is 2.18. The van der Waals surface area contributed by atoms with Gasteiger partial charge in [-0.15, -0.1) is 0 Å². The summed E-state index contributed by atoms with van der Waals surface area (Å²) in [6.45, 7) is 1.79. The van der Waals surface area contributed by atoms with Gasteiger partial charge in [-0.3, -0.25) is 4.79 Å². The van der Waals surface area contributed by atoms with Crippen molar-refractivity contribution in [3.8, 4) is 0 Å². The number of aryl methyl sites for hydroxylation is 1. The van der Waals surface area contributed by atoms with Crippen LogP contribution in [-0.4, -0.2) is 27.4 Å². The number of rotatable bonds is 9. The zero-order chi connectivity index (χ0) is 23.8. The van der Waals surface area contributed by atoms with Gasteiger partial charge in [-0.25, -0.2) is 17.9 Å². The fourth-order valence-corrected chi connectivity index (χ4v) is 4.53. The van der Waals surface area contributed by atoms with E-state index in [2.05, 4.69) is 10.0 Å². The van der Waals surface area contributed by atoms with E-state index in [1.165, 1.54) is 19.2 Å². The van der Waals surface area contributed by atoms with Crippen LogP contribution in [-0.2, 0) is 26.0 Å². The van der Waals surface area contributed by atoms with Crippen LogP contribution in [0.5, 0.6) is 0 Å². The molecule has 0 unspecified atom stereocenters. The van der Waals surface area contributed by atoms with Gasteiger partial charge in [-0.1, -0.05) is 54.6 Å². The van der Waals surface area contributed by atoms with Crippen molar-refractivity contribution in [1.82, 2.24) is 4.72 Å². The summed E-state index contributed by atoms with van der Waals surface area (Å²) in [6, 6.07) is 22.0. The molecule has 3 rings (SSSR count). The minimum Gasteiger partial charge on any atom is -0.465 e. The lowest BCUT2D eigenvalue weighted by Crippen LogP contribution is -2.26. The number of anilines is 1. The monoisotopic (exact) mass is 466 g/mol. The Hall–Kier alpha value is -3.49. The van der Waals surface area contributed by atoms with E-state index in [1.54, 1.807) is 43.3 Å². The molecule has 0 bridgehead atoms. The molecule has 0 heterocycles. The molecule has 0 aliphatic rings. The van der Waals surface area contributed by atoms with Crippen LogP contribution in [0, 0.1) is 0 Å². The second-order valence-corrected chi connectivity index (χ2v) is 9.20. The molecule has 1 amide bonds. The first-order valence-corrected chi connectivity index (χ1v) is 11.9. The molecule has 0 saturated heterocycles. The van der Waals surface area contributed by atoms with Gasteiger partial charge in [-0.05, 0) is 48.7 Å². The van der Waals surface area contributed by atoms with E-state index in [-0.39, 0.29) is 28.8 Å². The molecule has 172 valence electrons. The minimum absolute atomic E-state index is 0.158. The minimum atomic E-state index is -3.68. The van der Waals surface area contributed by atoms with Crippen LogP contribution >= 0.6 is 0 Å². The average Bonchev–Trinajstić information content (AvgIpc) is 2.83. The number of methoxy groups -OCH3 is 1. The third kappa shape index (κ3) is 6.50. The summed E-state index contributed by atoms with van der Waals surface area (Å²) in [4.78, 5) is 24.3. The first-order valence-electron chi connectivity index (χ1n) is 10.4. The Balaban J connectivity index is 1.58. The van der Waals surface area contributed by atoms with Crippen LogP contribution in [0.2, 0.25) is 0 Å². The third-order valence-corrected chi connectivity index (χ3v) is 6.67. The lowest BCUT2D eigenvalue weighted by atomic mass is 10.1. The van der Waals surface area contributed by atoms with Crippen molar-refractivity contribution in [3.05, 3.63) is 95.6 Å². The molecule has 0 aromatic heterocycles. The molecule has 3 aromatic carbocycles. The second-order valence-electron chi connectivity index (χ2n) is 7.48. The third-order valence-electron chi connectivity index (χ3n) is 5.11. The number of amides is 1. The van der Waals surface area contributed by atoms with Crippen LogP contribution in [0.25, 0.3) is 0 Å². The number of hydrogen-bond donors (Lipinski definition) is 2. The van der Waals surface area contributed by atoms with E-state index in [1.807, 2.05) is 30.3 Å². The molecule has 3 aromatic rings. The summed E-state index contributed by atoms with van der Waals surface area (Å²) in [6.07, 6.45) is 0.589. The summed E-state index contributed by atoms with van der Waals surface area (Å²) in [7, 11) is -2.40. The number of carbonyl (C=O) groups is 2. The summed E-state index contributed by atoms with van der Waals surface area (Å²) < 4.78 is 32.8. The molecule has 0 aliphatic heterocycles. The SMILES string of the molecule is COC(=O)c1ccccc1NC(=O)CCc1ccc(S(=O)(=O)N[C@@H](C)c2ccccc2)cc1. The lowest BCUT2D eigenvalue weighted by Gasteiger charge is -2.15. The molecule has 2 N–H and O–H groups in total. The van der Waals surface area contributed by atoms with Crippen molar-refractivity contribution in [3.63, 3.8) is 0 Å². The molecule has 1 atom stereocenters. The largest absolute Gasteiger partial charge is 0.465 e. The molecule has 0 aliphatic carbocycles. The number of nitrogens with one attached hydrogen (secondary N) is 2. The summed E-state index contributed by atoms with van der Waals surface area (Å²) in [5.41, 5.74) is 2.36. The van der Waals surface area contributed by atoms with Gasteiger partial charge in [0.2, 0.25) is 15.9 Å². The number of para-hydroxylation sites is 1. The Morgan fingerprint density at radius 3 is 2.21 bits per heavy atom. The van der Waals surface area contributed by atoms with Crippen molar-refractivity contribution in [1.29, 1.82) is 0 Å². The van der Waals surface area contributed by atoms with Gasteiger partial charge in [0.1, 0.15) is 0 Å². The smallest absolute Gasteiger partial charge is 0.339 e. The van der Waals surface area contributed by atoms with E-state index < -0.39 is 16.0 Å². The fourth-order valence-electron chi connectivity index (χ4n) is 3.30. The van der Waals surface area contributed by atoms with Crippen molar-refractivity contribution < 1.29 is 22.7 Å². The maximum atomic E-state index is 12.7. The van der Waals surface area contributed by atoms with Crippen molar-refractivity contribution in [2.75, 3.05) is 12.4 Å². The Morgan fingerprint density at radius 1 is 0.909 bits per heavy atom. The maximum absolute atomic E-state index is 12.7. The topological polar surface area (TPSA) is 102 Å². The molecule has 0 saturated carbocycles. The normalized spacial score (nSPS) is 12.1.